The normalized spacial score (nSPS) is 12.0. The summed E-state index contributed by atoms with van der Waals surface area (Å²) in [6.07, 6.45) is 0. The van der Waals surface area contributed by atoms with Crippen LogP contribution in [0.1, 0.15) is 33.3 Å². The van der Waals surface area contributed by atoms with Crippen LogP contribution in [0, 0.1) is 12.7 Å². The monoisotopic (exact) mass is 371 g/mol. The Balaban J connectivity index is 2.00. The van der Waals surface area contributed by atoms with Crippen LogP contribution in [0.4, 0.5) is 4.39 Å². The molecule has 1 aromatic heterocycles. The molecule has 2 aromatic carbocycles. The fourth-order valence-electron chi connectivity index (χ4n) is 3.52. The van der Waals surface area contributed by atoms with E-state index in [0.29, 0.717) is 40.8 Å². The number of hydrogen-bond acceptors (Lipinski definition) is 4. The number of aryl methyl sites for hydroxylation is 1. The second-order valence-electron chi connectivity index (χ2n) is 7.49. The van der Waals surface area contributed by atoms with Crippen LogP contribution in [0.5, 0.6) is 5.75 Å². The minimum absolute atomic E-state index is 0.175. The maximum Gasteiger partial charge on any atom is 0.200 e. The third kappa shape index (κ3) is 3.98. The average molecular weight is 371 g/mol. The summed E-state index contributed by atoms with van der Waals surface area (Å²) in [5.41, 5.74) is 1.33. The van der Waals surface area contributed by atoms with Gasteiger partial charge in [-0.05, 0) is 64.4 Å². The Bertz CT molecular complexity index is 1020. The van der Waals surface area contributed by atoms with Gasteiger partial charge in [0, 0.05) is 24.7 Å². The molecule has 0 unspecified atom stereocenters. The minimum atomic E-state index is -0.441. The van der Waals surface area contributed by atoms with Crippen molar-refractivity contribution in [2.24, 2.45) is 0 Å². The minimum Gasteiger partial charge on any atom is -0.488 e. The van der Waals surface area contributed by atoms with Gasteiger partial charge in [-0.2, -0.15) is 0 Å². The van der Waals surface area contributed by atoms with Crippen molar-refractivity contribution in [3.63, 3.8) is 0 Å². The van der Waals surface area contributed by atoms with Crippen LogP contribution in [0.2, 0.25) is 0 Å². The second-order valence-corrected chi connectivity index (χ2v) is 7.49. The van der Waals surface area contributed by atoms with E-state index < -0.39 is 5.82 Å². The van der Waals surface area contributed by atoms with Gasteiger partial charge >= 0.3 is 0 Å². The zero-order valence-electron chi connectivity index (χ0n) is 16.5. The third-order valence-electron chi connectivity index (χ3n) is 4.78. The Kier molecular flexibility index (Phi) is 5.51. The van der Waals surface area contributed by atoms with E-state index in [0.717, 1.165) is 12.1 Å². The van der Waals surface area contributed by atoms with E-state index in [-0.39, 0.29) is 11.0 Å². The summed E-state index contributed by atoms with van der Waals surface area (Å²) in [7, 11) is 0. The van der Waals surface area contributed by atoms with E-state index in [9.17, 15) is 9.18 Å². The van der Waals surface area contributed by atoms with Gasteiger partial charge < -0.3 is 9.15 Å². The first-order valence-corrected chi connectivity index (χ1v) is 9.33. The lowest BCUT2D eigenvalue weighted by molar-refractivity contribution is 0.142. The first-order chi connectivity index (χ1) is 12.8. The summed E-state index contributed by atoms with van der Waals surface area (Å²) >= 11 is 0. The van der Waals surface area contributed by atoms with E-state index >= 15 is 0 Å². The lowest BCUT2D eigenvalue weighted by Gasteiger charge is -2.30. The lowest BCUT2D eigenvalue weighted by atomic mass is 10.1. The Hall–Kier alpha value is -2.40. The van der Waals surface area contributed by atoms with Gasteiger partial charge in [-0.1, -0.05) is 0 Å². The Morgan fingerprint density at radius 2 is 1.78 bits per heavy atom. The first kappa shape index (κ1) is 19.4. The summed E-state index contributed by atoms with van der Waals surface area (Å²) in [6.45, 7) is 11.8. The largest absolute Gasteiger partial charge is 0.488 e. The molecule has 0 N–H and O–H groups in total. The van der Waals surface area contributed by atoms with Crippen LogP contribution >= 0.6 is 0 Å². The fraction of sp³-hybridized carbons (Fsp3) is 0.409. The molecule has 0 aliphatic carbocycles. The van der Waals surface area contributed by atoms with Gasteiger partial charge in [-0.15, -0.1) is 0 Å². The molecule has 0 saturated carbocycles. The van der Waals surface area contributed by atoms with Gasteiger partial charge in [0.05, 0.1) is 10.8 Å². The van der Waals surface area contributed by atoms with Gasteiger partial charge in [0.15, 0.2) is 11.3 Å². The summed E-state index contributed by atoms with van der Waals surface area (Å²) in [6, 6.07) is 8.42. The fourth-order valence-corrected chi connectivity index (χ4v) is 3.52. The summed E-state index contributed by atoms with van der Waals surface area (Å²) in [5.74, 6) is 0.0739. The van der Waals surface area contributed by atoms with Crippen molar-refractivity contribution in [2.45, 2.75) is 46.7 Å². The second kappa shape index (κ2) is 7.69. The number of rotatable bonds is 6. The molecular formula is C22H26FNO3. The molecule has 0 spiro atoms. The van der Waals surface area contributed by atoms with Crippen molar-refractivity contribution < 1.29 is 13.5 Å². The topological polar surface area (TPSA) is 42.7 Å². The SMILES string of the molecule is Cc1cc(OCCN(C(C)C)C(C)C)c2oc3cc(F)ccc3c(=O)c2c1. The van der Waals surface area contributed by atoms with Crippen molar-refractivity contribution in [3.8, 4) is 5.75 Å². The van der Waals surface area contributed by atoms with Gasteiger partial charge in [0.2, 0.25) is 5.43 Å². The van der Waals surface area contributed by atoms with Crippen LogP contribution in [-0.2, 0) is 0 Å². The zero-order valence-corrected chi connectivity index (χ0v) is 16.5. The number of nitrogens with zero attached hydrogens (tertiary/aromatic N) is 1. The molecule has 1 heterocycles. The zero-order chi connectivity index (χ0) is 19.7. The molecule has 144 valence electrons. The molecule has 3 aromatic rings. The highest BCUT2D eigenvalue weighted by Crippen LogP contribution is 2.29. The standard InChI is InChI=1S/C22H26FNO3/c1-13(2)24(14(3)4)8-9-26-20-11-15(5)10-18-21(25)17-7-6-16(23)12-19(17)27-22(18)20/h6-7,10-14H,8-9H2,1-5H3. The van der Waals surface area contributed by atoms with Crippen molar-refractivity contribution in [3.05, 3.63) is 51.9 Å². The quantitative estimate of drug-likeness (QED) is 0.579. The predicted octanol–water partition coefficient (Wildman–Crippen LogP) is 4.89. The van der Waals surface area contributed by atoms with Crippen molar-refractivity contribution in [2.75, 3.05) is 13.2 Å². The van der Waals surface area contributed by atoms with Crippen LogP contribution in [-0.4, -0.2) is 30.1 Å². The Labute approximate surface area is 158 Å². The molecule has 0 radical (unpaired) electrons. The molecular weight excluding hydrogens is 345 g/mol. The highest BCUT2D eigenvalue weighted by molar-refractivity contribution is 5.92. The predicted molar refractivity (Wildman–Crippen MR) is 107 cm³/mol. The number of halogens is 1. The molecule has 0 atom stereocenters. The van der Waals surface area contributed by atoms with Gasteiger partial charge in [-0.25, -0.2) is 4.39 Å². The maximum atomic E-state index is 13.6. The summed E-state index contributed by atoms with van der Waals surface area (Å²) in [4.78, 5) is 15.2. The molecule has 0 aliphatic heterocycles. The van der Waals surface area contributed by atoms with E-state index in [4.69, 9.17) is 9.15 Å². The number of benzene rings is 2. The van der Waals surface area contributed by atoms with E-state index in [1.54, 1.807) is 6.07 Å². The van der Waals surface area contributed by atoms with Gasteiger partial charge in [-0.3, -0.25) is 9.69 Å². The Morgan fingerprint density at radius 3 is 2.44 bits per heavy atom. The first-order valence-electron chi connectivity index (χ1n) is 9.33. The van der Waals surface area contributed by atoms with Crippen molar-refractivity contribution in [1.29, 1.82) is 0 Å². The smallest absolute Gasteiger partial charge is 0.200 e. The number of hydrogen-bond donors (Lipinski definition) is 0. The molecule has 3 rings (SSSR count). The lowest BCUT2D eigenvalue weighted by Crippen LogP contribution is -2.39. The highest BCUT2D eigenvalue weighted by Gasteiger charge is 2.16. The Morgan fingerprint density at radius 1 is 1.07 bits per heavy atom. The maximum absolute atomic E-state index is 13.6. The number of ether oxygens (including phenoxy) is 1. The van der Waals surface area contributed by atoms with Gasteiger partial charge in [0.1, 0.15) is 18.0 Å². The molecule has 5 heteroatoms. The molecule has 0 fully saturated rings. The van der Waals surface area contributed by atoms with Gasteiger partial charge in [0.25, 0.3) is 0 Å². The molecule has 0 saturated heterocycles. The van der Waals surface area contributed by atoms with Crippen LogP contribution in [0.15, 0.2) is 39.5 Å². The summed E-state index contributed by atoms with van der Waals surface area (Å²) < 4.78 is 25.4. The van der Waals surface area contributed by atoms with Crippen molar-refractivity contribution in [1.82, 2.24) is 4.90 Å². The third-order valence-corrected chi connectivity index (χ3v) is 4.78. The molecule has 0 aliphatic rings. The van der Waals surface area contributed by atoms with Crippen molar-refractivity contribution >= 4 is 21.9 Å². The molecule has 4 nitrogen and oxygen atoms in total. The van der Waals surface area contributed by atoms with Crippen LogP contribution in [0.3, 0.4) is 0 Å². The van der Waals surface area contributed by atoms with E-state index in [2.05, 4.69) is 32.6 Å². The van der Waals surface area contributed by atoms with E-state index in [1.807, 2.05) is 13.0 Å². The average Bonchev–Trinajstić information content (AvgIpc) is 2.58. The molecule has 0 bridgehead atoms. The number of fused-ring (bicyclic) bond motifs is 2. The molecule has 27 heavy (non-hydrogen) atoms. The van der Waals surface area contributed by atoms with Crippen LogP contribution in [0.25, 0.3) is 21.9 Å². The molecule has 0 amide bonds. The van der Waals surface area contributed by atoms with Crippen LogP contribution < -0.4 is 10.2 Å². The highest BCUT2D eigenvalue weighted by atomic mass is 19.1. The van der Waals surface area contributed by atoms with E-state index in [1.165, 1.54) is 18.2 Å². The summed E-state index contributed by atoms with van der Waals surface area (Å²) in [5, 5.41) is 0.819.